The van der Waals surface area contributed by atoms with Crippen molar-refractivity contribution in [3.8, 4) is 11.8 Å². The van der Waals surface area contributed by atoms with Gasteiger partial charge in [0, 0.05) is 18.1 Å². The number of benzene rings is 1. The van der Waals surface area contributed by atoms with Gasteiger partial charge in [0.05, 0.1) is 18.2 Å². The van der Waals surface area contributed by atoms with E-state index in [1.807, 2.05) is 12.1 Å². The van der Waals surface area contributed by atoms with E-state index in [4.69, 9.17) is 10.00 Å². The number of anilines is 1. The van der Waals surface area contributed by atoms with Crippen LogP contribution in [0, 0.1) is 11.3 Å². The minimum Gasteiger partial charge on any atom is -0.482 e. The lowest BCUT2D eigenvalue weighted by Crippen LogP contribution is -2.45. The molecule has 7 heteroatoms. The van der Waals surface area contributed by atoms with Crippen molar-refractivity contribution in [3.05, 3.63) is 22.7 Å². The number of halogens is 1. The van der Waals surface area contributed by atoms with Gasteiger partial charge in [-0.05, 0) is 18.2 Å². The average Bonchev–Trinajstić information content (AvgIpc) is 2.47. The Balaban J connectivity index is 2.16. The molecule has 0 spiro atoms. The van der Waals surface area contributed by atoms with E-state index in [1.165, 1.54) is 9.80 Å². The molecule has 1 heterocycles. The van der Waals surface area contributed by atoms with Crippen molar-refractivity contribution in [2.24, 2.45) is 0 Å². The predicted molar refractivity (Wildman–Crippen MR) is 79.9 cm³/mol. The summed E-state index contributed by atoms with van der Waals surface area (Å²) in [4.78, 5) is 27.0. The molecule has 0 aromatic heterocycles. The SMILES string of the molecule is CN(CCC#N)C(=O)CN1C(=O)COc2ccc(Br)cc21. The van der Waals surface area contributed by atoms with Crippen LogP contribution in [-0.2, 0) is 9.59 Å². The Morgan fingerprint density at radius 3 is 3.05 bits per heavy atom. The first kappa shape index (κ1) is 15.3. The molecule has 0 N–H and O–H groups in total. The van der Waals surface area contributed by atoms with Crippen molar-refractivity contribution in [3.63, 3.8) is 0 Å². The number of nitrogens with zero attached hydrogens (tertiary/aromatic N) is 3. The van der Waals surface area contributed by atoms with E-state index >= 15 is 0 Å². The Kier molecular flexibility index (Phi) is 4.81. The van der Waals surface area contributed by atoms with Crippen molar-refractivity contribution in [2.75, 3.05) is 31.6 Å². The number of nitriles is 1. The molecule has 2 amide bonds. The quantitative estimate of drug-likeness (QED) is 0.824. The van der Waals surface area contributed by atoms with Gasteiger partial charge in [-0.1, -0.05) is 15.9 Å². The molecule has 0 bridgehead atoms. The Morgan fingerprint density at radius 1 is 1.57 bits per heavy atom. The van der Waals surface area contributed by atoms with Crippen molar-refractivity contribution >= 4 is 33.4 Å². The summed E-state index contributed by atoms with van der Waals surface area (Å²) in [6, 6.07) is 7.30. The van der Waals surface area contributed by atoms with Crippen LogP contribution in [-0.4, -0.2) is 43.5 Å². The van der Waals surface area contributed by atoms with Crippen molar-refractivity contribution in [2.45, 2.75) is 6.42 Å². The van der Waals surface area contributed by atoms with Crippen molar-refractivity contribution in [1.82, 2.24) is 4.90 Å². The van der Waals surface area contributed by atoms with Crippen LogP contribution in [0.25, 0.3) is 0 Å². The van der Waals surface area contributed by atoms with Gasteiger partial charge in [-0.15, -0.1) is 0 Å². The highest BCUT2D eigenvalue weighted by atomic mass is 79.9. The molecule has 0 unspecified atom stereocenters. The molecule has 0 atom stereocenters. The van der Waals surface area contributed by atoms with Gasteiger partial charge < -0.3 is 9.64 Å². The molecular weight excluding hydrogens is 338 g/mol. The second-order valence-electron chi connectivity index (χ2n) is 4.60. The van der Waals surface area contributed by atoms with Crippen LogP contribution in [0.3, 0.4) is 0 Å². The van der Waals surface area contributed by atoms with Gasteiger partial charge in [0.1, 0.15) is 12.3 Å². The van der Waals surface area contributed by atoms with Crippen LogP contribution >= 0.6 is 15.9 Å². The Hall–Kier alpha value is -2.07. The molecule has 1 aliphatic heterocycles. The Bertz CT molecular complexity index is 612. The topological polar surface area (TPSA) is 73.6 Å². The molecule has 1 aromatic carbocycles. The number of carbonyl (C=O) groups is 2. The summed E-state index contributed by atoms with van der Waals surface area (Å²) in [5.41, 5.74) is 0.572. The fourth-order valence-corrected chi connectivity index (χ4v) is 2.30. The molecule has 0 saturated heterocycles. The van der Waals surface area contributed by atoms with Gasteiger partial charge >= 0.3 is 0 Å². The minimum absolute atomic E-state index is 0.0619. The van der Waals surface area contributed by atoms with Crippen molar-refractivity contribution < 1.29 is 14.3 Å². The standard InChI is InChI=1S/C14H14BrN3O3/c1-17(6-2-5-16)13(19)8-18-11-7-10(15)3-4-12(11)21-9-14(18)20/h3-4,7H,2,6,8-9H2,1H3. The molecule has 0 saturated carbocycles. The van der Waals surface area contributed by atoms with E-state index in [1.54, 1.807) is 19.2 Å². The molecule has 0 fully saturated rings. The molecule has 0 radical (unpaired) electrons. The van der Waals surface area contributed by atoms with Crippen LogP contribution in [0.5, 0.6) is 5.75 Å². The molecule has 1 aromatic rings. The summed E-state index contributed by atoms with van der Waals surface area (Å²) in [7, 11) is 1.62. The maximum absolute atomic E-state index is 12.1. The maximum Gasteiger partial charge on any atom is 0.265 e. The maximum atomic E-state index is 12.1. The monoisotopic (exact) mass is 351 g/mol. The lowest BCUT2D eigenvalue weighted by molar-refractivity contribution is -0.130. The first-order chi connectivity index (χ1) is 10.0. The number of amides is 2. The molecule has 0 aliphatic carbocycles. The third-order valence-electron chi connectivity index (χ3n) is 3.14. The van der Waals surface area contributed by atoms with Crippen molar-refractivity contribution in [1.29, 1.82) is 5.26 Å². The fraction of sp³-hybridized carbons (Fsp3) is 0.357. The first-order valence-corrected chi connectivity index (χ1v) is 7.16. The van der Waals surface area contributed by atoms with Gasteiger partial charge in [0.25, 0.3) is 5.91 Å². The lowest BCUT2D eigenvalue weighted by atomic mass is 10.2. The predicted octanol–water partition coefficient (Wildman–Crippen LogP) is 1.55. The van der Waals surface area contributed by atoms with Gasteiger partial charge in [-0.3, -0.25) is 14.5 Å². The van der Waals surface area contributed by atoms with Crippen LogP contribution in [0.15, 0.2) is 22.7 Å². The lowest BCUT2D eigenvalue weighted by Gasteiger charge is -2.30. The number of ether oxygens (including phenoxy) is 1. The van der Waals surface area contributed by atoms with Crippen LogP contribution in [0.2, 0.25) is 0 Å². The third kappa shape index (κ3) is 3.52. The van der Waals surface area contributed by atoms with Gasteiger partial charge in [0.2, 0.25) is 5.91 Å². The summed E-state index contributed by atoms with van der Waals surface area (Å²) in [5, 5.41) is 8.55. The van der Waals surface area contributed by atoms with Crippen LogP contribution < -0.4 is 9.64 Å². The number of fused-ring (bicyclic) bond motifs is 1. The van der Waals surface area contributed by atoms with Gasteiger partial charge in [-0.25, -0.2) is 0 Å². The zero-order valence-electron chi connectivity index (χ0n) is 11.5. The highest BCUT2D eigenvalue weighted by Crippen LogP contribution is 2.34. The molecule has 1 aliphatic rings. The molecule has 6 nitrogen and oxygen atoms in total. The molecule has 21 heavy (non-hydrogen) atoms. The van der Waals surface area contributed by atoms with E-state index in [0.717, 1.165) is 4.47 Å². The average molecular weight is 352 g/mol. The number of hydrogen-bond acceptors (Lipinski definition) is 4. The zero-order valence-corrected chi connectivity index (χ0v) is 13.1. The second-order valence-corrected chi connectivity index (χ2v) is 5.52. The third-order valence-corrected chi connectivity index (χ3v) is 3.64. The number of hydrogen-bond donors (Lipinski definition) is 0. The van der Waals surface area contributed by atoms with Gasteiger partial charge in [-0.2, -0.15) is 5.26 Å². The van der Waals surface area contributed by atoms with E-state index in [-0.39, 0.29) is 31.4 Å². The Labute approximate surface area is 131 Å². The summed E-state index contributed by atoms with van der Waals surface area (Å²) in [6.07, 6.45) is 0.265. The highest BCUT2D eigenvalue weighted by Gasteiger charge is 2.28. The summed E-state index contributed by atoms with van der Waals surface area (Å²) in [6.45, 7) is 0.205. The molecular formula is C14H14BrN3O3. The minimum atomic E-state index is -0.261. The van der Waals surface area contributed by atoms with Gasteiger partial charge in [0.15, 0.2) is 6.61 Å². The zero-order chi connectivity index (χ0) is 15.4. The van der Waals surface area contributed by atoms with E-state index in [9.17, 15) is 9.59 Å². The molecule has 110 valence electrons. The summed E-state index contributed by atoms with van der Waals surface area (Å²) >= 11 is 3.34. The summed E-state index contributed by atoms with van der Waals surface area (Å²) in [5.74, 6) is 0.0966. The van der Waals surface area contributed by atoms with Crippen LogP contribution in [0.1, 0.15) is 6.42 Å². The number of rotatable bonds is 4. The smallest absolute Gasteiger partial charge is 0.265 e. The van der Waals surface area contributed by atoms with Crippen LogP contribution in [0.4, 0.5) is 5.69 Å². The largest absolute Gasteiger partial charge is 0.482 e. The fourth-order valence-electron chi connectivity index (χ4n) is 1.95. The number of carbonyl (C=O) groups excluding carboxylic acids is 2. The van der Waals surface area contributed by atoms with E-state index in [0.29, 0.717) is 18.0 Å². The van der Waals surface area contributed by atoms with E-state index < -0.39 is 0 Å². The second kappa shape index (κ2) is 6.59. The Morgan fingerprint density at radius 2 is 2.33 bits per heavy atom. The first-order valence-electron chi connectivity index (χ1n) is 6.36. The summed E-state index contributed by atoms with van der Waals surface area (Å²) < 4.78 is 6.15. The van der Waals surface area contributed by atoms with E-state index in [2.05, 4.69) is 15.9 Å². The molecule has 2 rings (SSSR count). The number of likely N-dealkylation sites (N-methyl/N-ethyl adjacent to an activating group) is 1. The normalized spacial score (nSPS) is 13.2. The highest BCUT2D eigenvalue weighted by molar-refractivity contribution is 9.10.